The van der Waals surface area contributed by atoms with Gasteiger partial charge in [-0.05, 0) is 62.3 Å². The van der Waals surface area contributed by atoms with Crippen LogP contribution in [0.4, 0.5) is 0 Å². The average molecular weight is 512 g/mol. The number of piperidine rings is 1. The second kappa shape index (κ2) is 11.4. The van der Waals surface area contributed by atoms with E-state index in [1.54, 1.807) is 54.6 Å². The van der Waals surface area contributed by atoms with Crippen molar-refractivity contribution in [2.45, 2.75) is 26.2 Å². The van der Waals surface area contributed by atoms with Crippen LogP contribution < -0.4 is 9.47 Å². The number of nitrogens with zero attached hydrogens (tertiary/aromatic N) is 1. The van der Waals surface area contributed by atoms with Gasteiger partial charge in [0, 0.05) is 41.6 Å². The minimum Gasteiger partial charge on any atom is -0.492 e. The Labute approximate surface area is 221 Å². The summed E-state index contributed by atoms with van der Waals surface area (Å²) in [5, 5.41) is 0.599. The lowest BCUT2D eigenvalue weighted by molar-refractivity contribution is -0.131. The standard InChI is InChI=1S/C31H29NO6/c1-21(34)37-26-13-14-27-28(19-26)38-31(24-7-5-22(20-33)6-8-24)29(27)30(35)23-9-11-25(12-10-23)36-18-17-32-15-3-2-4-16-32/h5-14,19-20H,2-4,15-18H2,1H3. The van der Waals surface area contributed by atoms with Gasteiger partial charge in [0.15, 0.2) is 5.78 Å². The summed E-state index contributed by atoms with van der Waals surface area (Å²) in [5.41, 5.74) is 2.48. The fourth-order valence-electron chi connectivity index (χ4n) is 4.77. The van der Waals surface area contributed by atoms with Gasteiger partial charge < -0.3 is 13.9 Å². The molecule has 1 aliphatic heterocycles. The molecule has 2 heterocycles. The van der Waals surface area contributed by atoms with E-state index in [2.05, 4.69) is 4.90 Å². The van der Waals surface area contributed by atoms with Crippen LogP contribution in [-0.2, 0) is 4.79 Å². The van der Waals surface area contributed by atoms with Crippen molar-refractivity contribution in [3.05, 3.63) is 83.4 Å². The maximum absolute atomic E-state index is 13.8. The molecular weight excluding hydrogens is 482 g/mol. The molecule has 0 saturated carbocycles. The Morgan fingerprint density at radius 2 is 1.63 bits per heavy atom. The molecule has 0 N–H and O–H groups in total. The zero-order chi connectivity index (χ0) is 26.5. The minimum absolute atomic E-state index is 0.210. The predicted octanol–water partition coefficient (Wildman–Crippen LogP) is 5.93. The molecule has 194 valence electrons. The monoisotopic (exact) mass is 511 g/mol. The Kier molecular flexibility index (Phi) is 7.65. The Hall–Kier alpha value is -4.23. The van der Waals surface area contributed by atoms with Gasteiger partial charge >= 0.3 is 5.97 Å². The molecule has 0 bridgehead atoms. The molecule has 1 saturated heterocycles. The van der Waals surface area contributed by atoms with Crippen LogP contribution in [-0.4, -0.2) is 49.2 Å². The van der Waals surface area contributed by atoms with Crippen molar-refractivity contribution >= 4 is 29.0 Å². The summed E-state index contributed by atoms with van der Waals surface area (Å²) in [7, 11) is 0. The van der Waals surface area contributed by atoms with Gasteiger partial charge in [0.25, 0.3) is 0 Å². The molecule has 0 unspecified atom stereocenters. The van der Waals surface area contributed by atoms with E-state index in [-0.39, 0.29) is 5.78 Å². The van der Waals surface area contributed by atoms with E-state index in [0.717, 1.165) is 25.9 Å². The number of esters is 1. The summed E-state index contributed by atoms with van der Waals surface area (Å²) in [4.78, 5) is 38.7. The molecule has 1 aliphatic rings. The van der Waals surface area contributed by atoms with E-state index >= 15 is 0 Å². The van der Waals surface area contributed by atoms with Crippen molar-refractivity contribution < 1.29 is 28.3 Å². The van der Waals surface area contributed by atoms with Crippen molar-refractivity contribution in [1.29, 1.82) is 0 Å². The van der Waals surface area contributed by atoms with Crippen molar-refractivity contribution in [3.63, 3.8) is 0 Å². The summed E-state index contributed by atoms with van der Waals surface area (Å²) in [5.74, 6) is 0.760. The topological polar surface area (TPSA) is 86.1 Å². The first-order chi connectivity index (χ1) is 18.5. The number of carbonyl (C=O) groups excluding carboxylic acids is 3. The first-order valence-electron chi connectivity index (χ1n) is 12.8. The molecule has 1 aromatic heterocycles. The van der Waals surface area contributed by atoms with E-state index in [1.807, 2.05) is 12.1 Å². The third kappa shape index (κ3) is 5.68. The number of benzene rings is 3. The molecule has 4 aromatic rings. The van der Waals surface area contributed by atoms with Crippen LogP contribution in [0, 0.1) is 0 Å². The van der Waals surface area contributed by atoms with Crippen LogP contribution in [0.1, 0.15) is 52.5 Å². The van der Waals surface area contributed by atoms with Crippen LogP contribution in [0.3, 0.4) is 0 Å². The molecule has 0 amide bonds. The predicted molar refractivity (Wildman–Crippen MR) is 144 cm³/mol. The number of likely N-dealkylation sites (tertiary alicyclic amines) is 1. The van der Waals surface area contributed by atoms with Gasteiger partial charge in [0.05, 0.1) is 5.56 Å². The van der Waals surface area contributed by atoms with Gasteiger partial charge in [-0.1, -0.05) is 30.7 Å². The van der Waals surface area contributed by atoms with E-state index in [9.17, 15) is 14.4 Å². The quantitative estimate of drug-likeness (QED) is 0.119. The fourth-order valence-corrected chi connectivity index (χ4v) is 4.77. The Morgan fingerprint density at radius 3 is 2.32 bits per heavy atom. The number of hydrogen-bond acceptors (Lipinski definition) is 7. The van der Waals surface area contributed by atoms with Gasteiger partial charge in [0.2, 0.25) is 0 Å². The first-order valence-corrected chi connectivity index (χ1v) is 12.8. The zero-order valence-corrected chi connectivity index (χ0v) is 21.3. The number of rotatable bonds is 9. The summed E-state index contributed by atoms with van der Waals surface area (Å²) >= 11 is 0. The van der Waals surface area contributed by atoms with Gasteiger partial charge in [0.1, 0.15) is 35.7 Å². The molecule has 0 atom stereocenters. The molecule has 1 fully saturated rings. The van der Waals surface area contributed by atoms with Crippen LogP contribution in [0.15, 0.2) is 71.1 Å². The molecule has 0 aliphatic carbocycles. The summed E-state index contributed by atoms with van der Waals surface area (Å²) < 4.78 is 17.2. The highest BCUT2D eigenvalue weighted by molar-refractivity contribution is 6.19. The number of ether oxygens (including phenoxy) is 2. The Bertz CT molecular complexity index is 1450. The number of fused-ring (bicyclic) bond motifs is 1. The highest BCUT2D eigenvalue weighted by atomic mass is 16.5. The van der Waals surface area contributed by atoms with Gasteiger partial charge in [-0.15, -0.1) is 0 Å². The molecule has 7 heteroatoms. The van der Waals surface area contributed by atoms with Crippen LogP contribution in [0.2, 0.25) is 0 Å². The lowest BCUT2D eigenvalue weighted by atomic mass is 9.97. The van der Waals surface area contributed by atoms with Gasteiger partial charge in [-0.25, -0.2) is 0 Å². The highest BCUT2D eigenvalue weighted by Crippen LogP contribution is 2.37. The second-order valence-electron chi connectivity index (χ2n) is 9.40. The van der Waals surface area contributed by atoms with E-state index in [1.165, 1.54) is 26.2 Å². The van der Waals surface area contributed by atoms with Crippen molar-refractivity contribution in [3.8, 4) is 22.8 Å². The van der Waals surface area contributed by atoms with Crippen LogP contribution >= 0.6 is 0 Å². The van der Waals surface area contributed by atoms with E-state index in [4.69, 9.17) is 13.9 Å². The average Bonchev–Trinajstić information content (AvgIpc) is 3.32. The Balaban J connectivity index is 1.42. The molecule has 38 heavy (non-hydrogen) atoms. The van der Waals surface area contributed by atoms with Crippen LogP contribution in [0.5, 0.6) is 11.5 Å². The largest absolute Gasteiger partial charge is 0.492 e. The third-order valence-electron chi connectivity index (χ3n) is 6.70. The second-order valence-corrected chi connectivity index (χ2v) is 9.40. The summed E-state index contributed by atoms with van der Waals surface area (Å²) in [6.45, 7) is 5.06. The lowest BCUT2D eigenvalue weighted by Gasteiger charge is -2.26. The highest BCUT2D eigenvalue weighted by Gasteiger charge is 2.24. The molecule has 7 nitrogen and oxygen atoms in total. The fraction of sp³-hybridized carbons (Fsp3) is 0.258. The van der Waals surface area contributed by atoms with E-state index in [0.29, 0.717) is 57.1 Å². The molecule has 3 aromatic carbocycles. The normalized spacial score (nSPS) is 13.8. The number of ketones is 1. The zero-order valence-electron chi connectivity index (χ0n) is 21.3. The molecule has 5 rings (SSSR count). The number of furan rings is 1. The van der Waals surface area contributed by atoms with Gasteiger partial charge in [-0.2, -0.15) is 0 Å². The molecule has 0 radical (unpaired) electrons. The third-order valence-corrected chi connectivity index (χ3v) is 6.70. The van der Waals surface area contributed by atoms with E-state index < -0.39 is 5.97 Å². The number of aldehydes is 1. The maximum atomic E-state index is 13.8. The van der Waals surface area contributed by atoms with Crippen LogP contribution in [0.25, 0.3) is 22.3 Å². The summed E-state index contributed by atoms with van der Waals surface area (Å²) in [6.07, 6.45) is 4.55. The number of hydrogen-bond donors (Lipinski definition) is 0. The van der Waals surface area contributed by atoms with Gasteiger partial charge in [-0.3, -0.25) is 19.3 Å². The molecular formula is C31H29NO6. The number of carbonyl (C=O) groups is 3. The van der Waals surface area contributed by atoms with Crippen molar-refractivity contribution in [2.24, 2.45) is 0 Å². The van der Waals surface area contributed by atoms with Crippen molar-refractivity contribution in [1.82, 2.24) is 4.90 Å². The van der Waals surface area contributed by atoms with Crippen molar-refractivity contribution in [2.75, 3.05) is 26.2 Å². The lowest BCUT2D eigenvalue weighted by Crippen LogP contribution is -2.33. The Morgan fingerprint density at radius 1 is 0.921 bits per heavy atom. The first kappa shape index (κ1) is 25.4. The minimum atomic E-state index is -0.449. The summed E-state index contributed by atoms with van der Waals surface area (Å²) in [6, 6.07) is 18.9. The maximum Gasteiger partial charge on any atom is 0.308 e. The molecule has 0 spiro atoms. The SMILES string of the molecule is CC(=O)Oc1ccc2c(C(=O)c3ccc(OCCN4CCCCC4)cc3)c(-c3ccc(C=O)cc3)oc2c1. The smallest absolute Gasteiger partial charge is 0.308 e.